The zero-order valence-electron chi connectivity index (χ0n) is 18.3. The van der Waals surface area contributed by atoms with Crippen LogP contribution in [0.2, 0.25) is 0 Å². The van der Waals surface area contributed by atoms with Crippen LogP contribution in [0.1, 0.15) is 36.1 Å². The average molecular weight is 460 g/mol. The first kappa shape index (κ1) is 20.4. The fourth-order valence-electron chi connectivity index (χ4n) is 4.39. The van der Waals surface area contributed by atoms with Gasteiger partial charge < -0.3 is 14.3 Å². The number of fused-ring (bicyclic) bond motifs is 2. The number of benzene rings is 2. The van der Waals surface area contributed by atoms with Gasteiger partial charge in [0, 0.05) is 24.7 Å². The molecule has 10 heteroatoms. The van der Waals surface area contributed by atoms with Crippen molar-refractivity contribution in [3.05, 3.63) is 86.3 Å². The summed E-state index contributed by atoms with van der Waals surface area (Å²) in [4.78, 5) is 40.4. The van der Waals surface area contributed by atoms with Crippen LogP contribution in [0.3, 0.4) is 0 Å². The molecule has 3 aromatic heterocycles. The number of nitrogens with one attached hydrogen (secondary N) is 2. The molecule has 0 unspecified atom stereocenters. The fraction of sp³-hybridized carbons (Fsp3) is 0.250. The Morgan fingerprint density at radius 2 is 1.91 bits per heavy atom. The van der Waals surface area contributed by atoms with E-state index in [1.807, 2.05) is 34.9 Å². The Labute approximate surface area is 191 Å². The van der Waals surface area contributed by atoms with Gasteiger partial charge in [-0.1, -0.05) is 30.3 Å². The van der Waals surface area contributed by atoms with Crippen molar-refractivity contribution in [3.8, 4) is 5.75 Å². The monoisotopic (exact) mass is 460 g/mol. The normalized spacial score (nSPS) is 13.7. The Morgan fingerprint density at radius 3 is 2.65 bits per heavy atom. The van der Waals surface area contributed by atoms with Crippen LogP contribution in [0, 0.1) is 5.82 Å². The van der Waals surface area contributed by atoms with Crippen LogP contribution in [0.25, 0.3) is 22.2 Å². The molecule has 9 nitrogen and oxygen atoms in total. The van der Waals surface area contributed by atoms with Gasteiger partial charge in [0.1, 0.15) is 11.6 Å². The minimum Gasteiger partial charge on any atom is -0.494 e. The second-order valence-corrected chi connectivity index (χ2v) is 8.50. The predicted molar refractivity (Wildman–Crippen MR) is 124 cm³/mol. The van der Waals surface area contributed by atoms with Gasteiger partial charge in [0.25, 0.3) is 5.56 Å². The van der Waals surface area contributed by atoms with Gasteiger partial charge in [-0.2, -0.15) is 0 Å². The lowest BCUT2D eigenvalue weighted by Crippen LogP contribution is -2.30. The van der Waals surface area contributed by atoms with E-state index >= 15 is 0 Å². The average Bonchev–Trinajstić information content (AvgIpc) is 3.48. The van der Waals surface area contributed by atoms with Crippen LogP contribution >= 0.6 is 0 Å². The van der Waals surface area contributed by atoms with Gasteiger partial charge in [0.05, 0.1) is 24.6 Å². The second kappa shape index (κ2) is 7.68. The molecule has 1 saturated carbocycles. The van der Waals surface area contributed by atoms with Gasteiger partial charge in [-0.05, 0) is 18.4 Å². The highest BCUT2D eigenvalue weighted by molar-refractivity contribution is 5.77. The minimum absolute atomic E-state index is 0.0430. The Morgan fingerprint density at radius 1 is 1.12 bits per heavy atom. The molecule has 3 heterocycles. The van der Waals surface area contributed by atoms with E-state index in [0.717, 1.165) is 18.4 Å². The van der Waals surface area contributed by atoms with Crippen LogP contribution in [0.5, 0.6) is 5.75 Å². The molecule has 1 aliphatic rings. The summed E-state index contributed by atoms with van der Waals surface area (Å²) < 4.78 is 22.6. The van der Waals surface area contributed by atoms with Gasteiger partial charge in [0.2, 0.25) is 0 Å². The molecule has 0 aliphatic heterocycles. The molecule has 1 aliphatic carbocycles. The summed E-state index contributed by atoms with van der Waals surface area (Å²) in [7, 11) is 1.40. The summed E-state index contributed by atoms with van der Waals surface area (Å²) in [5.41, 5.74) is 1.91. The van der Waals surface area contributed by atoms with Gasteiger partial charge >= 0.3 is 5.69 Å². The number of hydrogen-bond donors (Lipinski definition) is 2. The van der Waals surface area contributed by atoms with E-state index in [4.69, 9.17) is 9.72 Å². The molecule has 2 aromatic carbocycles. The summed E-state index contributed by atoms with van der Waals surface area (Å²) in [6.45, 7) is 0.404. The third-order valence-corrected chi connectivity index (χ3v) is 6.14. The van der Waals surface area contributed by atoms with E-state index in [-0.39, 0.29) is 18.2 Å². The largest absolute Gasteiger partial charge is 0.494 e. The smallest absolute Gasteiger partial charge is 0.330 e. The summed E-state index contributed by atoms with van der Waals surface area (Å²) >= 11 is 0. The van der Waals surface area contributed by atoms with Gasteiger partial charge in [-0.25, -0.2) is 19.2 Å². The second-order valence-electron chi connectivity index (χ2n) is 8.50. The van der Waals surface area contributed by atoms with E-state index in [1.54, 1.807) is 4.57 Å². The SMILES string of the molecule is COc1cc2nc(Cc3nc4c(c(=O)[nH]c(=O)n4C4CC4)n3Cc3ccccc3)[nH]c2cc1F. The van der Waals surface area contributed by atoms with Crippen molar-refractivity contribution < 1.29 is 9.13 Å². The highest BCUT2D eigenvalue weighted by atomic mass is 19.1. The number of ether oxygens (including phenoxy) is 1. The minimum atomic E-state index is -0.485. The summed E-state index contributed by atoms with van der Waals surface area (Å²) in [5.74, 6) is 0.767. The van der Waals surface area contributed by atoms with Crippen LogP contribution in [0.4, 0.5) is 4.39 Å². The van der Waals surface area contributed by atoms with Crippen molar-refractivity contribution in [2.24, 2.45) is 0 Å². The fourth-order valence-corrected chi connectivity index (χ4v) is 4.39. The quantitative estimate of drug-likeness (QED) is 0.405. The molecule has 0 atom stereocenters. The zero-order valence-corrected chi connectivity index (χ0v) is 18.3. The molecule has 2 N–H and O–H groups in total. The van der Waals surface area contributed by atoms with Crippen molar-refractivity contribution in [1.82, 2.24) is 29.1 Å². The number of H-pyrrole nitrogens is 2. The summed E-state index contributed by atoms with van der Waals surface area (Å²) in [6, 6.07) is 12.6. The van der Waals surface area contributed by atoms with E-state index in [2.05, 4.69) is 15.0 Å². The Hall–Kier alpha value is -4.21. The first-order valence-corrected chi connectivity index (χ1v) is 11.0. The van der Waals surface area contributed by atoms with Crippen molar-refractivity contribution >= 4 is 22.2 Å². The van der Waals surface area contributed by atoms with E-state index < -0.39 is 17.1 Å². The van der Waals surface area contributed by atoms with Crippen molar-refractivity contribution in [3.63, 3.8) is 0 Å². The van der Waals surface area contributed by atoms with E-state index in [1.165, 1.54) is 19.2 Å². The van der Waals surface area contributed by atoms with Gasteiger partial charge in [0.15, 0.2) is 22.7 Å². The maximum Gasteiger partial charge on any atom is 0.330 e. The predicted octanol–water partition coefficient (Wildman–Crippen LogP) is 2.88. The molecule has 172 valence electrons. The molecule has 0 spiro atoms. The molecule has 0 amide bonds. The first-order chi connectivity index (χ1) is 16.5. The molecule has 5 aromatic rings. The molecule has 6 rings (SSSR count). The third-order valence-electron chi connectivity index (χ3n) is 6.14. The molecular weight excluding hydrogens is 439 g/mol. The molecule has 34 heavy (non-hydrogen) atoms. The Kier molecular flexibility index (Phi) is 4.61. The number of imidazole rings is 2. The lowest BCUT2D eigenvalue weighted by Gasteiger charge is -2.09. The lowest BCUT2D eigenvalue weighted by molar-refractivity contribution is 0.387. The maximum absolute atomic E-state index is 14.2. The van der Waals surface area contributed by atoms with Crippen LogP contribution in [0.15, 0.2) is 52.1 Å². The molecule has 0 radical (unpaired) electrons. The number of halogens is 1. The maximum atomic E-state index is 14.2. The van der Waals surface area contributed by atoms with Crippen LogP contribution < -0.4 is 16.0 Å². The van der Waals surface area contributed by atoms with Crippen molar-refractivity contribution in [2.45, 2.75) is 31.8 Å². The lowest BCUT2D eigenvalue weighted by atomic mass is 10.2. The number of nitrogens with zero attached hydrogens (tertiary/aromatic N) is 4. The number of rotatable bonds is 6. The number of hydrogen-bond acceptors (Lipinski definition) is 5. The van der Waals surface area contributed by atoms with E-state index in [9.17, 15) is 14.0 Å². The van der Waals surface area contributed by atoms with Crippen molar-refractivity contribution in [1.29, 1.82) is 0 Å². The van der Waals surface area contributed by atoms with Crippen molar-refractivity contribution in [2.75, 3.05) is 7.11 Å². The van der Waals surface area contributed by atoms with E-state index in [0.29, 0.717) is 40.4 Å². The van der Waals surface area contributed by atoms with Gasteiger partial charge in [-0.3, -0.25) is 14.3 Å². The summed E-state index contributed by atoms with van der Waals surface area (Å²) in [5, 5.41) is 0. The Balaban J connectivity index is 1.52. The molecular formula is C24H21FN6O3. The molecule has 1 fully saturated rings. The molecule has 0 bridgehead atoms. The third kappa shape index (κ3) is 3.38. The highest BCUT2D eigenvalue weighted by Crippen LogP contribution is 2.35. The van der Waals surface area contributed by atoms with Gasteiger partial charge in [-0.15, -0.1) is 0 Å². The van der Waals surface area contributed by atoms with Crippen LogP contribution in [-0.2, 0) is 13.0 Å². The topological polar surface area (TPSA) is 111 Å². The molecule has 0 saturated heterocycles. The summed E-state index contributed by atoms with van der Waals surface area (Å²) in [6.07, 6.45) is 2.01. The standard InChI is InChI=1S/C24H21FN6O3/c1-34-18-10-17-16(9-15(18)25)26-19(27-17)11-20-28-22-21(30(20)12-13-5-3-2-4-6-13)23(32)29-24(33)31(22)14-7-8-14/h2-6,9-10,14H,7-8,11-12H2,1H3,(H,26,27)(H,29,32,33). The first-order valence-electron chi connectivity index (χ1n) is 11.0. The van der Waals surface area contributed by atoms with Crippen LogP contribution in [-0.4, -0.2) is 36.2 Å². The Bertz CT molecular complexity index is 1660. The zero-order chi connectivity index (χ0) is 23.4. The highest BCUT2D eigenvalue weighted by Gasteiger charge is 2.30. The number of aromatic nitrogens is 6. The number of methoxy groups -OCH3 is 1. The number of aromatic amines is 2.